The summed E-state index contributed by atoms with van der Waals surface area (Å²) in [5.41, 5.74) is 7.62. The predicted octanol–water partition coefficient (Wildman–Crippen LogP) is 1.72. The smallest absolute Gasteiger partial charge is 0.226 e. The molecular formula is C16H25N3O2. The second-order valence-corrected chi connectivity index (χ2v) is 5.79. The highest BCUT2D eigenvalue weighted by Gasteiger charge is 2.34. The molecule has 0 saturated heterocycles. The van der Waals surface area contributed by atoms with E-state index in [-0.39, 0.29) is 18.1 Å². The second kappa shape index (κ2) is 6.91. The summed E-state index contributed by atoms with van der Waals surface area (Å²) in [5.74, 6) is -0.0207. The summed E-state index contributed by atoms with van der Waals surface area (Å²) >= 11 is 0. The number of hydrogen-bond acceptors (Lipinski definition) is 4. The molecule has 5 nitrogen and oxygen atoms in total. The molecule has 4 N–H and O–H groups in total. The van der Waals surface area contributed by atoms with E-state index < -0.39 is 0 Å². The molecule has 0 unspecified atom stereocenters. The molecule has 1 aromatic rings. The number of nitrogens with zero attached hydrogens (tertiary/aromatic N) is 1. The first-order chi connectivity index (χ1) is 10.1. The number of aliphatic hydroxyl groups excluding tert-OH is 1. The van der Waals surface area contributed by atoms with Crippen molar-refractivity contribution in [1.82, 2.24) is 0 Å². The number of hydrogen-bond donors (Lipinski definition) is 3. The van der Waals surface area contributed by atoms with Crippen molar-refractivity contribution >= 4 is 17.3 Å². The average Bonchev–Trinajstić information content (AvgIpc) is 2.44. The van der Waals surface area contributed by atoms with Crippen molar-refractivity contribution in [1.29, 1.82) is 0 Å². The molecule has 1 aliphatic rings. The van der Waals surface area contributed by atoms with E-state index in [4.69, 9.17) is 10.8 Å². The number of rotatable bonds is 7. The molecule has 1 aromatic carbocycles. The molecule has 1 fully saturated rings. The van der Waals surface area contributed by atoms with Gasteiger partial charge in [0.05, 0.1) is 6.61 Å². The summed E-state index contributed by atoms with van der Waals surface area (Å²) in [6.07, 6.45) is 3.38. The average molecular weight is 291 g/mol. The third kappa shape index (κ3) is 4.19. The van der Waals surface area contributed by atoms with E-state index in [1.54, 1.807) is 0 Å². The molecule has 0 aromatic heterocycles. The van der Waals surface area contributed by atoms with Gasteiger partial charge in [-0.1, -0.05) is 0 Å². The molecular weight excluding hydrogens is 266 g/mol. The van der Waals surface area contributed by atoms with Crippen molar-refractivity contribution in [2.24, 2.45) is 5.73 Å². The van der Waals surface area contributed by atoms with E-state index in [1.165, 1.54) is 0 Å². The minimum absolute atomic E-state index is 0.0207. The summed E-state index contributed by atoms with van der Waals surface area (Å²) in [6.45, 7) is 3.62. The van der Waals surface area contributed by atoms with Gasteiger partial charge in [0.1, 0.15) is 0 Å². The molecule has 1 amide bonds. The number of nitrogens with one attached hydrogen (secondary N) is 1. The Labute approximate surface area is 126 Å². The van der Waals surface area contributed by atoms with Crippen molar-refractivity contribution < 1.29 is 9.90 Å². The summed E-state index contributed by atoms with van der Waals surface area (Å²) in [7, 11) is 0. The van der Waals surface area contributed by atoms with Crippen LogP contribution in [0.15, 0.2) is 24.3 Å². The Bertz CT molecular complexity index is 469. The van der Waals surface area contributed by atoms with E-state index in [0.29, 0.717) is 13.0 Å². The minimum Gasteiger partial charge on any atom is -0.395 e. The maximum absolute atomic E-state index is 12.0. The van der Waals surface area contributed by atoms with Gasteiger partial charge in [-0.05, 0) is 50.5 Å². The summed E-state index contributed by atoms with van der Waals surface area (Å²) < 4.78 is 0. The fraction of sp³-hybridized carbons (Fsp3) is 0.562. The molecule has 0 heterocycles. The topological polar surface area (TPSA) is 78.6 Å². The molecule has 0 bridgehead atoms. The van der Waals surface area contributed by atoms with Gasteiger partial charge in [0.25, 0.3) is 0 Å². The van der Waals surface area contributed by atoms with E-state index >= 15 is 0 Å². The lowest BCUT2D eigenvalue weighted by Gasteiger charge is -2.37. The Morgan fingerprint density at radius 2 is 2.05 bits per heavy atom. The highest BCUT2D eigenvalue weighted by atomic mass is 16.3. The van der Waals surface area contributed by atoms with Crippen LogP contribution >= 0.6 is 0 Å². The molecule has 0 spiro atoms. The van der Waals surface area contributed by atoms with Crippen LogP contribution in [0.4, 0.5) is 11.4 Å². The number of likely N-dealkylation sites (N-methyl/N-ethyl adjacent to an activating group) is 1. The van der Waals surface area contributed by atoms with Crippen molar-refractivity contribution in [3.63, 3.8) is 0 Å². The van der Waals surface area contributed by atoms with E-state index in [2.05, 4.69) is 10.2 Å². The molecule has 0 radical (unpaired) electrons. The Hall–Kier alpha value is -1.59. The van der Waals surface area contributed by atoms with Crippen LogP contribution < -0.4 is 16.0 Å². The number of aliphatic hydroxyl groups is 1. The zero-order valence-electron chi connectivity index (χ0n) is 12.6. The molecule has 0 aliphatic heterocycles. The van der Waals surface area contributed by atoms with Crippen molar-refractivity contribution in [3.8, 4) is 0 Å². The first kappa shape index (κ1) is 15.8. The molecule has 116 valence electrons. The standard InChI is InChI=1S/C16H25N3O2/c1-2-19(10-11-20)14-6-4-13(5-7-14)18-15(21)12-16(17)8-3-9-16/h4-7,20H,2-3,8-12,17H2,1H3,(H,18,21). The summed E-state index contributed by atoms with van der Waals surface area (Å²) in [6, 6.07) is 7.68. The van der Waals surface area contributed by atoms with Gasteiger partial charge >= 0.3 is 0 Å². The fourth-order valence-electron chi connectivity index (χ4n) is 2.68. The number of nitrogens with two attached hydrogens (primary N) is 1. The molecule has 2 rings (SSSR count). The zero-order chi connectivity index (χ0) is 15.3. The Morgan fingerprint density at radius 3 is 2.52 bits per heavy atom. The molecule has 0 atom stereocenters. The van der Waals surface area contributed by atoms with Crippen molar-refractivity contribution in [2.45, 2.75) is 38.1 Å². The first-order valence-electron chi connectivity index (χ1n) is 7.61. The predicted molar refractivity (Wildman–Crippen MR) is 85.4 cm³/mol. The summed E-state index contributed by atoms with van der Waals surface area (Å²) in [4.78, 5) is 14.0. The zero-order valence-corrected chi connectivity index (χ0v) is 12.6. The lowest BCUT2D eigenvalue weighted by Crippen LogP contribution is -2.48. The van der Waals surface area contributed by atoms with Crippen molar-refractivity contribution in [2.75, 3.05) is 29.9 Å². The van der Waals surface area contributed by atoms with Crippen LogP contribution in [0.25, 0.3) is 0 Å². The highest BCUT2D eigenvalue weighted by Crippen LogP contribution is 2.32. The van der Waals surface area contributed by atoms with Gasteiger partial charge in [0.2, 0.25) is 5.91 Å². The van der Waals surface area contributed by atoms with Gasteiger partial charge in [0, 0.05) is 36.4 Å². The van der Waals surface area contributed by atoms with Gasteiger partial charge in [-0.15, -0.1) is 0 Å². The lowest BCUT2D eigenvalue weighted by molar-refractivity contribution is -0.118. The maximum Gasteiger partial charge on any atom is 0.226 e. The number of carbonyl (C=O) groups is 1. The number of anilines is 2. The third-order valence-corrected chi connectivity index (χ3v) is 4.13. The van der Waals surface area contributed by atoms with Crippen LogP contribution in [0.5, 0.6) is 0 Å². The van der Waals surface area contributed by atoms with Gasteiger partial charge in [0.15, 0.2) is 0 Å². The van der Waals surface area contributed by atoms with Gasteiger partial charge in [-0.3, -0.25) is 4.79 Å². The monoisotopic (exact) mass is 291 g/mol. The first-order valence-corrected chi connectivity index (χ1v) is 7.61. The number of benzene rings is 1. The van der Waals surface area contributed by atoms with Crippen LogP contribution in [-0.4, -0.2) is 36.2 Å². The number of carbonyl (C=O) groups excluding carboxylic acids is 1. The second-order valence-electron chi connectivity index (χ2n) is 5.79. The van der Waals surface area contributed by atoms with Gasteiger partial charge < -0.3 is 21.1 Å². The Balaban J connectivity index is 1.91. The molecule has 21 heavy (non-hydrogen) atoms. The number of amides is 1. The van der Waals surface area contributed by atoms with Crippen LogP contribution in [0.3, 0.4) is 0 Å². The van der Waals surface area contributed by atoms with Crippen LogP contribution in [0.1, 0.15) is 32.6 Å². The fourth-order valence-corrected chi connectivity index (χ4v) is 2.68. The largest absolute Gasteiger partial charge is 0.395 e. The minimum atomic E-state index is -0.288. The van der Waals surface area contributed by atoms with Crippen molar-refractivity contribution in [3.05, 3.63) is 24.3 Å². The quantitative estimate of drug-likeness (QED) is 0.714. The van der Waals surface area contributed by atoms with Crippen LogP contribution in [0, 0.1) is 0 Å². The third-order valence-electron chi connectivity index (χ3n) is 4.13. The van der Waals surface area contributed by atoms with E-state index in [0.717, 1.165) is 37.2 Å². The maximum atomic E-state index is 12.0. The SMILES string of the molecule is CCN(CCO)c1ccc(NC(=O)CC2(N)CCC2)cc1. The Morgan fingerprint density at radius 1 is 1.38 bits per heavy atom. The molecule has 1 aliphatic carbocycles. The Kier molecular flexibility index (Phi) is 5.20. The molecule has 5 heteroatoms. The summed E-state index contributed by atoms with van der Waals surface area (Å²) in [5, 5.41) is 11.9. The highest BCUT2D eigenvalue weighted by molar-refractivity contribution is 5.91. The van der Waals surface area contributed by atoms with Gasteiger partial charge in [-0.25, -0.2) is 0 Å². The van der Waals surface area contributed by atoms with E-state index in [9.17, 15) is 4.79 Å². The van der Waals surface area contributed by atoms with Crippen LogP contribution in [0.2, 0.25) is 0 Å². The van der Waals surface area contributed by atoms with Crippen LogP contribution in [-0.2, 0) is 4.79 Å². The van der Waals surface area contributed by atoms with E-state index in [1.807, 2.05) is 31.2 Å². The normalized spacial score (nSPS) is 16.1. The van der Waals surface area contributed by atoms with Gasteiger partial charge in [-0.2, -0.15) is 0 Å². The lowest BCUT2D eigenvalue weighted by atomic mass is 9.75. The molecule has 1 saturated carbocycles.